The topological polar surface area (TPSA) is 78.1 Å². The molecule has 0 aliphatic heterocycles. The molecule has 3 nitrogen and oxygen atoms in total. The first-order valence-electron chi connectivity index (χ1n) is 9.97. The molecule has 30 heavy (non-hydrogen) atoms. The predicted octanol–water partition coefficient (Wildman–Crippen LogP) is 6.33. The Bertz CT molecular complexity index is 793. The van der Waals surface area contributed by atoms with Crippen molar-refractivity contribution in [2.45, 2.75) is 39.4 Å². The highest BCUT2D eigenvalue weighted by Gasteiger charge is 2.10. The van der Waals surface area contributed by atoms with Crippen molar-refractivity contribution >= 4 is 35.3 Å². The molecule has 0 fully saturated rings. The van der Waals surface area contributed by atoms with Crippen LogP contribution >= 0.6 is 35.3 Å². The Balaban J connectivity index is 2.90. The van der Waals surface area contributed by atoms with Gasteiger partial charge in [0.05, 0.1) is 0 Å². The van der Waals surface area contributed by atoms with E-state index >= 15 is 0 Å². The van der Waals surface area contributed by atoms with Crippen molar-refractivity contribution in [2.24, 2.45) is 17.2 Å². The van der Waals surface area contributed by atoms with Crippen molar-refractivity contribution in [3.8, 4) is 0 Å². The Kier molecular flexibility index (Phi) is 13.6. The second-order valence-electron chi connectivity index (χ2n) is 6.75. The van der Waals surface area contributed by atoms with E-state index in [9.17, 15) is 0 Å². The van der Waals surface area contributed by atoms with Gasteiger partial charge in [-0.1, -0.05) is 54.3 Å². The lowest BCUT2D eigenvalue weighted by Crippen LogP contribution is -2.05. The lowest BCUT2D eigenvalue weighted by Gasteiger charge is -2.15. The van der Waals surface area contributed by atoms with E-state index in [4.69, 9.17) is 17.2 Å². The minimum Gasteiger partial charge on any atom is -0.402 e. The molecule has 0 aromatic heterocycles. The van der Waals surface area contributed by atoms with Gasteiger partial charge >= 0.3 is 0 Å². The minimum absolute atomic E-state index is 0.403. The second-order valence-corrected chi connectivity index (χ2v) is 10.6. The summed E-state index contributed by atoms with van der Waals surface area (Å²) in [6.07, 6.45) is 22.0. The SMILES string of the molecule is C/C=C(\C=C/CN)SC/C=C(\C=C(/C)S/C(C)=C/C=C(\C)N)SC1C=CC(N)=CC1. The Morgan fingerprint density at radius 1 is 1.17 bits per heavy atom. The van der Waals surface area contributed by atoms with Crippen molar-refractivity contribution in [1.82, 2.24) is 0 Å². The summed E-state index contributed by atoms with van der Waals surface area (Å²) in [5, 5.41) is 0.403. The number of hydrogen-bond acceptors (Lipinski definition) is 6. The van der Waals surface area contributed by atoms with Crippen LogP contribution in [0.25, 0.3) is 0 Å². The molecular formula is C24H35N3S3. The summed E-state index contributed by atoms with van der Waals surface area (Å²) >= 11 is 5.46. The standard InChI is InChI=1S/C24H35N3S3/c1-5-22(7-6-15-25)28-16-14-24(30-23-12-10-21(27)11-13-23)17-20(4)29-19(3)9-8-18(2)26/h5-12,14,17,23H,13,15-16,25-27H2,1-4H3/b7-6-,18-8+,19-9+,20-17+,22-5+,24-14+. The average Bonchev–Trinajstić information content (AvgIpc) is 2.70. The van der Waals surface area contributed by atoms with E-state index in [1.54, 1.807) is 11.8 Å². The molecule has 1 rings (SSSR count). The molecule has 164 valence electrons. The maximum atomic E-state index is 5.87. The first kappa shape index (κ1) is 26.6. The van der Waals surface area contributed by atoms with Crippen molar-refractivity contribution in [3.63, 3.8) is 0 Å². The van der Waals surface area contributed by atoms with Crippen LogP contribution in [0.1, 0.15) is 34.1 Å². The van der Waals surface area contributed by atoms with Crippen molar-refractivity contribution in [3.05, 3.63) is 91.8 Å². The smallest absolute Gasteiger partial charge is 0.0313 e. The zero-order valence-corrected chi connectivity index (χ0v) is 20.9. The molecule has 6 heteroatoms. The van der Waals surface area contributed by atoms with Gasteiger partial charge in [-0.2, -0.15) is 0 Å². The maximum absolute atomic E-state index is 5.87. The van der Waals surface area contributed by atoms with E-state index in [1.807, 2.05) is 48.7 Å². The van der Waals surface area contributed by atoms with Gasteiger partial charge in [-0.15, -0.1) is 23.5 Å². The van der Waals surface area contributed by atoms with Gasteiger partial charge in [0.2, 0.25) is 0 Å². The number of nitrogens with two attached hydrogens (primary N) is 3. The average molecular weight is 462 g/mol. The van der Waals surface area contributed by atoms with Gasteiger partial charge in [-0.3, -0.25) is 0 Å². The zero-order chi connectivity index (χ0) is 22.4. The Morgan fingerprint density at radius 2 is 1.93 bits per heavy atom. The number of allylic oxidation sites excluding steroid dienone is 10. The normalized spacial score (nSPS) is 19.6. The van der Waals surface area contributed by atoms with Crippen LogP contribution in [0, 0.1) is 0 Å². The minimum atomic E-state index is 0.403. The van der Waals surface area contributed by atoms with Gasteiger partial charge in [0.25, 0.3) is 0 Å². The fraction of sp³-hybridized carbons (Fsp3) is 0.333. The Hall–Kier alpha value is -1.47. The van der Waals surface area contributed by atoms with Crippen LogP contribution in [0.3, 0.4) is 0 Å². The largest absolute Gasteiger partial charge is 0.402 e. The highest BCUT2D eigenvalue weighted by atomic mass is 32.2. The second kappa shape index (κ2) is 15.3. The number of rotatable bonds is 11. The molecule has 1 unspecified atom stereocenters. The fourth-order valence-corrected chi connectivity index (χ4v) is 5.37. The fourth-order valence-electron chi connectivity index (χ4n) is 2.42. The van der Waals surface area contributed by atoms with Gasteiger partial charge in [0.15, 0.2) is 0 Å². The lowest BCUT2D eigenvalue weighted by atomic mass is 10.1. The van der Waals surface area contributed by atoms with Crippen LogP contribution in [0.15, 0.2) is 91.8 Å². The molecule has 0 radical (unpaired) electrons. The number of hydrogen-bond donors (Lipinski definition) is 3. The molecular weight excluding hydrogens is 426 g/mol. The van der Waals surface area contributed by atoms with Crippen LogP contribution in [0.5, 0.6) is 0 Å². The molecule has 0 spiro atoms. The summed E-state index contributed by atoms with van der Waals surface area (Å²) in [5.74, 6) is 0.906. The van der Waals surface area contributed by atoms with Crippen LogP contribution in [0.2, 0.25) is 0 Å². The number of thioether (sulfide) groups is 3. The molecule has 1 aliphatic rings. The third-order valence-corrected chi connectivity index (χ3v) is 7.01. The van der Waals surface area contributed by atoms with Crippen LogP contribution < -0.4 is 17.2 Å². The van der Waals surface area contributed by atoms with Crippen molar-refractivity contribution in [1.29, 1.82) is 0 Å². The van der Waals surface area contributed by atoms with Gasteiger partial charge in [0, 0.05) is 38.8 Å². The molecule has 6 N–H and O–H groups in total. The van der Waals surface area contributed by atoms with Gasteiger partial charge in [-0.05, 0) is 62.2 Å². The van der Waals surface area contributed by atoms with E-state index in [-0.39, 0.29) is 0 Å². The molecule has 1 aliphatic carbocycles. The molecule has 0 saturated carbocycles. The third kappa shape index (κ3) is 12.3. The molecule has 0 aromatic rings. The Labute approximate surface area is 195 Å². The maximum Gasteiger partial charge on any atom is 0.0313 e. The first-order chi connectivity index (χ1) is 14.3. The molecule has 0 aromatic carbocycles. The van der Waals surface area contributed by atoms with Crippen molar-refractivity contribution in [2.75, 3.05) is 12.3 Å². The summed E-state index contributed by atoms with van der Waals surface area (Å²) in [5.41, 5.74) is 18.8. The van der Waals surface area contributed by atoms with Crippen molar-refractivity contribution < 1.29 is 0 Å². The third-order valence-electron chi connectivity index (χ3n) is 3.86. The van der Waals surface area contributed by atoms with Gasteiger partial charge < -0.3 is 17.2 Å². The van der Waals surface area contributed by atoms with E-state index < -0.39 is 0 Å². The molecule has 1 atom stereocenters. The van der Waals surface area contributed by atoms with E-state index in [2.05, 4.69) is 63.3 Å². The monoisotopic (exact) mass is 461 g/mol. The summed E-state index contributed by atoms with van der Waals surface area (Å²) in [7, 11) is 0. The molecule has 0 bridgehead atoms. The lowest BCUT2D eigenvalue weighted by molar-refractivity contribution is 1.03. The summed E-state index contributed by atoms with van der Waals surface area (Å²) < 4.78 is 0. The Morgan fingerprint density at radius 3 is 2.53 bits per heavy atom. The van der Waals surface area contributed by atoms with E-state index in [0.29, 0.717) is 11.8 Å². The highest BCUT2D eigenvalue weighted by molar-refractivity contribution is 8.07. The summed E-state index contributed by atoms with van der Waals surface area (Å²) in [4.78, 5) is 4.96. The van der Waals surface area contributed by atoms with E-state index in [1.165, 1.54) is 19.6 Å². The quantitative estimate of drug-likeness (QED) is 0.312. The van der Waals surface area contributed by atoms with Gasteiger partial charge in [0.1, 0.15) is 0 Å². The van der Waals surface area contributed by atoms with Gasteiger partial charge in [-0.25, -0.2) is 0 Å². The zero-order valence-electron chi connectivity index (χ0n) is 18.4. The highest BCUT2D eigenvalue weighted by Crippen LogP contribution is 2.33. The van der Waals surface area contributed by atoms with Crippen LogP contribution in [-0.2, 0) is 0 Å². The molecule has 0 saturated heterocycles. The summed E-state index contributed by atoms with van der Waals surface area (Å²) in [6, 6.07) is 0. The molecule has 0 heterocycles. The predicted molar refractivity (Wildman–Crippen MR) is 143 cm³/mol. The van der Waals surface area contributed by atoms with Crippen LogP contribution in [0.4, 0.5) is 0 Å². The first-order valence-corrected chi connectivity index (χ1v) is 12.6. The summed E-state index contributed by atoms with van der Waals surface area (Å²) in [6.45, 7) is 8.77. The van der Waals surface area contributed by atoms with Crippen LogP contribution in [-0.4, -0.2) is 17.5 Å². The molecule has 0 amide bonds. The van der Waals surface area contributed by atoms with E-state index in [0.717, 1.165) is 23.6 Å².